The van der Waals surface area contributed by atoms with E-state index in [1.807, 2.05) is 45.9 Å². The third-order valence-electron chi connectivity index (χ3n) is 5.72. The molecule has 3 aromatic rings. The van der Waals surface area contributed by atoms with Crippen LogP contribution in [-0.2, 0) is 21.4 Å². The molecule has 2 aromatic carbocycles. The Hall–Kier alpha value is -3.39. The summed E-state index contributed by atoms with van der Waals surface area (Å²) in [5.41, 5.74) is 4.83. The van der Waals surface area contributed by atoms with Crippen LogP contribution in [0.1, 0.15) is 27.8 Å². The summed E-state index contributed by atoms with van der Waals surface area (Å²) in [7, 11) is -2.21. The predicted octanol–water partition coefficient (Wildman–Crippen LogP) is 3.84. The molecule has 1 N–H and O–H groups in total. The van der Waals surface area contributed by atoms with Crippen LogP contribution < -0.4 is 14.4 Å². The van der Waals surface area contributed by atoms with E-state index >= 15 is 0 Å². The third kappa shape index (κ3) is 5.51. The van der Waals surface area contributed by atoms with Gasteiger partial charge in [0.2, 0.25) is 0 Å². The van der Waals surface area contributed by atoms with Crippen molar-refractivity contribution in [1.82, 2.24) is 10.3 Å². The van der Waals surface area contributed by atoms with Crippen LogP contribution in [0.4, 0.5) is 5.69 Å². The van der Waals surface area contributed by atoms with Crippen molar-refractivity contribution in [3.8, 4) is 5.75 Å². The summed E-state index contributed by atoms with van der Waals surface area (Å²) in [6.07, 6.45) is 3.33. The molecule has 0 saturated carbocycles. The molecule has 0 saturated heterocycles. The number of hydrogen-bond acceptors (Lipinski definition) is 5. The van der Waals surface area contributed by atoms with Crippen LogP contribution in [0.25, 0.3) is 0 Å². The van der Waals surface area contributed by atoms with Crippen molar-refractivity contribution < 1.29 is 17.9 Å². The molecule has 0 spiro atoms. The Morgan fingerprint density at radius 2 is 1.55 bits per heavy atom. The fourth-order valence-electron chi connectivity index (χ4n) is 3.50. The summed E-state index contributed by atoms with van der Waals surface area (Å²) in [5.74, 6) is 0.221. The number of nitrogens with zero attached hydrogens (tertiary/aromatic N) is 2. The molecule has 0 aliphatic heterocycles. The average Bonchev–Trinajstić information content (AvgIpc) is 2.80. The van der Waals surface area contributed by atoms with Crippen molar-refractivity contribution in [2.75, 3.05) is 18.0 Å². The quantitative estimate of drug-likeness (QED) is 0.544. The number of pyridine rings is 1. The highest BCUT2D eigenvalue weighted by atomic mass is 32.2. The van der Waals surface area contributed by atoms with Crippen molar-refractivity contribution in [1.29, 1.82) is 0 Å². The van der Waals surface area contributed by atoms with E-state index in [9.17, 15) is 13.2 Å². The first-order valence-electron chi connectivity index (χ1n) is 10.6. The van der Waals surface area contributed by atoms with Gasteiger partial charge in [0.1, 0.15) is 5.75 Å². The number of anilines is 1. The van der Waals surface area contributed by atoms with Gasteiger partial charge >= 0.3 is 0 Å². The summed E-state index contributed by atoms with van der Waals surface area (Å²) < 4.78 is 33.6. The fourth-order valence-corrected chi connectivity index (χ4v) is 5.27. The molecule has 174 valence electrons. The maximum atomic E-state index is 13.4. The van der Waals surface area contributed by atoms with Crippen LogP contribution in [0.15, 0.2) is 59.8 Å². The summed E-state index contributed by atoms with van der Waals surface area (Å²) >= 11 is 0. The molecule has 0 atom stereocenters. The lowest BCUT2D eigenvalue weighted by atomic mass is 10.0. The molecule has 0 fully saturated rings. The zero-order chi connectivity index (χ0) is 24.2. The van der Waals surface area contributed by atoms with Crippen LogP contribution in [0.2, 0.25) is 0 Å². The van der Waals surface area contributed by atoms with Crippen molar-refractivity contribution >= 4 is 21.6 Å². The van der Waals surface area contributed by atoms with Crippen LogP contribution in [0, 0.1) is 27.7 Å². The van der Waals surface area contributed by atoms with Gasteiger partial charge in [-0.25, -0.2) is 8.42 Å². The van der Waals surface area contributed by atoms with E-state index in [0.717, 1.165) is 27.8 Å². The van der Waals surface area contributed by atoms with Crippen molar-refractivity contribution in [3.05, 3.63) is 82.7 Å². The van der Waals surface area contributed by atoms with Crippen LogP contribution in [-0.4, -0.2) is 33.0 Å². The first-order valence-corrected chi connectivity index (χ1v) is 12.0. The number of benzene rings is 2. The van der Waals surface area contributed by atoms with Gasteiger partial charge in [0.05, 0.1) is 10.6 Å². The molecule has 0 bridgehead atoms. The van der Waals surface area contributed by atoms with Crippen molar-refractivity contribution in [3.63, 3.8) is 0 Å². The molecule has 0 unspecified atom stereocenters. The molecule has 0 aliphatic rings. The normalized spacial score (nSPS) is 11.2. The summed E-state index contributed by atoms with van der Waals surface area (Å²) in [6.45, 7) is 7.75. The molecule has 1 aromatic heterocycles. The van der Waals surface area contributed by atoms with Gasteiger partial charge < -0.3 is 10.1 Å². The molecule has 1 heterocycles. The number of carbonyl (C=O) groups is 1. The Labute approximate surface area is 195 Å². The Morgan fingerprint density at radius 3 is 2.12 bits per heavy atom. The van der Waals surface area contributed by atoms with Gasteiger partial charge in [0, 0.05) is 26.0 Å². The lowest BCUT2D eigenvalue weighted by Crippen LogP contribution is -2.29. The topological polar surface area (TPSA) is 88.6 Å². The fraction of sp³-hybridized carbons (Fsp3) is 0.280. The minimum Gasteiger partial charge on any atom is -0.484 e. The minimum atomic E-state index is -3.75. The number of hydrogen-bond donors (Lipinski definition) is 1. The van der Waals surface area contributed by atoms with Crippen molar-refractivity contribution in [2.45, 2.75) is 39.1 Å². The van der Waals surface area contributed by atoms with Gasteiger partial charge in [-0.05, 0) is 91.9 Å². The first-order chi connectivity index (χ1) is 15.6. The standard InChI is InChI=1S/C25H29N3O4S/c1-17-14-18(2)20(4)25(19(17)3)33(30,31)28(5)22-6-8-23(9-7-22)32-16-24(29)27-15-21-10-12-26-13-11-21/h6-14H,15-16H2,1-5H3,(H,27,29). The van der Waals surface area contributed by atoms with Crippen molar-refractivity contribution in [2.24, 2.45) is 0 Å². The molecule has 0 aliphatic carbocycles. The zero-order valence-corrected chi connectivity index (χ0v) is 20.4. The maximum absolute atomic E-state index is 13.4. The number of aryl methyl sites for hydroxylation is 2. The highest BCUT2D eigenvalue weighted by molar-refractivity contribution is 7.92. The number of carbonyl (C=O) groups excluding carboxylic acids is 1. The molecule has 33 heavy (non-hydrogen) atoms. The Morgan fingerprint density at radius 1 is 0.970 bits per heavy atom. The van der Waals surface area contributed by atoms with Crippen LogP contribution in [0.5, 0.6) is 5.75 Å². The number of nitrogens with one attached hydrogen (secondary N) is 1. The van der Waals surface area contributed by atoms with E-state index in [0.29, 0.717) is 22.9 Å². The number of aromatic nitrogens is 1. The molecular weight excluding hydrogens is 438 g/mol. The van der Waals surface area contributed by atoms with E-state index < -0.39 is 10.0 Å². The van der Waals surface area contributed by atoms with Crippen LogP contribution >= 0.6 is 0 Å². The molecule has 3 rings (SSSR count). The van der Waals surface area contributed by atoms with E-state index in [4.69, 9.17) is 4.74 Å². The summed E-state index contributed by atoms with van der Waals surface area (Å²) in [5, 5.41) is 2.78. The third-order valence-corrected chi connectivity index (χ3v) is 7.79. The minimum absolute atomic E-state index is 0.139. The predicted molar refractivity (Wildman–Crippen MR) is 129 cm³/mol. The lowest BCUT2D eigenvalue weighted by molar-refractivity contribution is -0.123. The number of sulfonamides is 1. The second kappa shape index (κ2) is 10.0. The lowest BCUT2D eigenvalue weighted by Gasteiger charge is -2.24. The molecule has 1 amide bonds. The highest BCUT2D eigenvalue weighted by Crippen LogP contribution is 2.31. The Balaban J connectivity index is 1.66. The Kier molecular flexibility index (Phi) is 7.38. The van der Waals surface area contributed by atoms with E-state index in [1.54, 1.807) is 36.7 Å². The van der Waals surface area contributed by atoms with Gasteiger partial charge in [-0.15, -0.1) is 0 Å². The second-order valence-corrected chi connectivity index (χ2v) is 9.88. The maximum Gasteiger partial charge on any atom is 0.264 e. The molecular formula is C25H29N3O4S. The second-order valence-electron chi connectivity index (χ2n) is 7.98. The van der Waals surface area contributed by atoms with Gasteiger partial charge in [-0.3, -0.25) is 14.1 Å². The SMILES string of the molecule is Cc1cc(C)c(C)c(S(=O)(=O)N(C)c2ccc(OCC(=O)NCc3ccncc3)cc2)c1C. The van der Waals surface area contributed by atoms with Crippen LogP contribution in [0.3, 0.4) is 0 Å². The van der Waals surface area contributed by atoms with E-state index in [1.165, 1.54) is 11.4 Å². The van der Waals surface area contributed by atoms with E-state index in [-0.39, 0.29) is 12.5 Å². The molecule has 8 heteroatoms. The van der Waals surface area contributed by atoms with Gasteiger partial charge in [0.15, 0.2) is 6.61 Å². The smallest absolute Gasteiger partial charge is 0.264 e. The highest BCUT2D eigenvalue weighted by Gasteiger charge is 2.27. The molecule has 7 nitrogen and oxygen atoms in total. The zero-order valence-electron chi connectivity index (χ0n) is 19.5. The van der Waals surface area contributed by atoms with Gasteiger partial charge in [-0.1, -0.05) is 6.07 Å². The van der Waals surface area contributed by atoms with Gasteiger partial charge in [0.25, 0.3) is 15.9 Å². The van der Waals surface area contributed by atoms with Gasteiger partial charge in [-0.2, -0.15) is 0 Å². The largest absolute Gasteiger partial charge is 0.484 e. The average molecular weight is 468 g/mol. The summed E-state index contributed by atoms with van der Waals surface area (Å²) in [4.78, 5) is 16.3. The first kappa shape index (κ1) is 24.3. The van der Waals surface area contributed by atoms with E-state index in [2.05, 4.69) is 10.3 Å². The number of rotatable bonds is 8. The number of ether oxygens (including phenoxy) is 1. The molecule has 0 radical (unpaired) electrons. The number of amides is 1. The Bertz CT molecular complexity index is 1210. The summed E-state index contributed by atoms with van der Waals surface area (Å²) in [6, 6.07) is 12.3. The monoisotopic (exact) mass is 467 g/mol.